The Morgan fingerprint density at radius 3 is 2.52 bits per heavy atom. The Bertz CT molecular complexity index is 582. The van der Waals surface area contributed by atoms with Gasteiger partial charge >= 0.3 is 0 Å². The van der Waals surface area contributed by atoms with E-state index in [2.05, 4.69) is 57.1 Å². The molecule has 3 heteroatoms. The third kappa shape index (κ3) is 4.43. The third-order valence-corrected chi connectivity index (χ3v) is 3.45. The van der Waals surface area contributed by atoms with E-state index in [0.29, 0.717) is 5.92 Å². The van der Waals surface area contributed by atoms with Gasteiger partial charge in [0.25, 0.3) is 0 Å². The third-order valence-electron chi connectivity index (χ3n) is 3.45. The van der Waals surface area contributed by atoms with Crippen LogP contribution in [-0.4, -0.2) is 23.2 Å². The fraction of sp³-hybridized carbons (Fsp3) is 0.500. The van der Waals surface area contributed by atoms with E-state index < -0.39 is 0 Å². The van der Waals surface area contributed by atoms with Crippen LogP contribution in [0.4, 0.5) is 0 Å². The van der Waals surface area contributed by atoms with Gasteiger partial charge in [0.15, 0.2) is 0 Å². The van der Waals surface area contributed by atoms with E-state index in [9.17, 15) is 0 Å². The van der Waals surface area contributed by atoms with Crippen LogP contribution in [0.3, 0.4) is 0 Å². The van der Waals surface area contributed by atoms with Crippen LogP contribution >= 0.6 is 0 Å². The van der Waals surface area contributed by atoms with Crippen LogP contribution in [0.5, 0.6) is 5.75 Å². The minimum absolute atomic E-state index is 0.0908. The molecule has 0 bridgehead atoms. The number of hydrogen-bond donors (Lipinski definition) is 1. The van der Waals surface area contributed by atoms with Crippen LogP contribution in [0.1, 0.15) is 34.6 Å². The fourth-order valence-corrected chi connectivity index (χ4v) is 2.15. The number of nitrogens with one attached hydrogen (secondary N) is 1. The van der Waals surface area contributed by atoms with Crippen molar-refractivity contribution >= 4 is 10.9 Å². The summed E-state index contributed by atoms with van der Waals surface area (Å²) in [5.41, 5.74) is 1.02. The molecule has 21 heavy (non-hydrogen) atoms. The van der Waals surface area contributed by atoms with Gasteiger partial charge in [-0.2, -0.15) is 0 Å². The van der Waals surface area contributed by atoms with Crippen molar-refractivity contribution in [1.29, 1.82) is 0 Å². The molecule has 1 heterocycles. The standard InChI is InChI=1S/C18H26N2O/c1-13(2)16(12-20-18(3,4)5)21-15-10-6-8-14-9-7-11-19-17(14)15/h6-11,13,16,20H,12H2,1-5H3. The predicted octanol–water partition coefficient (Wildman–Crippen LogP) is 4.03. The summed E-state index contributed by atoms with van der Waals surface area (Å²) in [6.45, 7) is 11.7. The van der Waals surface area contributed by atoms with Crippen molar-refractivity contribution in [2.24, 2.45) is 5.92 Å². The van der Waals surface area contributed by atoms with Gasteiger partial charge < -0.3 is 10.1 Å². The van der Waals surface area contributed by atoms with Crippen molar-refractivity contribution in [2.45, 2.75) is 46.3 Å². The average molecular weight is 286 g/mol. The Hall–Kier alpha value is -1.61. The van der Waals surface area contributed by atoms with Gasteiger partial charge in [-0.05, 0) is 38.8 Å². The Morgan fingerprint density at radius 1 is 1.14 bits per heavy atom. The zero-order valence-corrected chi connectivity index (χ0v) is 13.7. The molecule has 1 unspecified atom stereocenters. The first kappa shape index (κ1) is 15.8. The Kier molecular flexibility index (Phi) is 4.84. The van der Waals surface area contributed by atoms with Crippen LogP contribution in [0, 0.1) is 5.92 Å². The molecule has 0 spiro atoms. The van der Waals surface area contributed by atoms with Crippen LogP contribution in [-0.2, 0) is 0 Å². The lowest BCUT2D eigenvalue weighted by Gasteiger charge is -2.28. The van der Waals surface area contributed by atoms with Gasteiger partial charge in [0, 0.05) is 23.7 Å². The van der Waals surface area contributed by atoms with Gasteiger partial charge in [-0.15, -0.1) is 0 Å². The lowest BCUT2D eigenvalue weighted by Crippen LogP contribution is -2.44. The summed E-state index contributed by atoms with van der Waals surface area (Å²) in [6.07, 6.45) is 1.93. The highest BCUT2D eigenvalue weighted by Gasteiger charge is 2.19. The minimum atomic E-state index is 0.0908. The highest BCUT2D eigenvalue weighted by molar-refractivity contribution is 5.84. The highest BCUT2D eigenvalue weighted by Crippen LogP contribution is 2.25. The number of nitrogens with zero attached hydrogens (tertiary/aromatic N) is 1. The number of benzene rings is 1. The molecule has 0 fully saturated rings. The first-order valence-electron chi connectivity index (χ1n) is 7.62. The quantitative estimate of drug-likeness (QED) is 0.901. The first-order valence-corrected chi connectivity index (χ1v) is 7.62. The van der Waals surface area contributed by atoms with Crippen molar-refractivity contribution in [1.82, 2.24) is 10.3 Å². The zero-order valence-electron chi connectivity index (χ0n) is 13.7. The average Bonchev–Trinajstić information content (AvgIpc) is 2.42. The lowest BCUT2D eigenvalue weighted by atomic mass is 10.0. The van der Waals surface area contributed by atoms with Crippen LogP contribution in [0.2, 0.25) is 0 Å². The Morgan fingerprint density at radius 2 is 1.86 bits per heavy atom. The van der Waals surface area contributed by atoms with Crippen molar-refractivity contribution in [3.63, 3.8) is 0 Å². The van der Waals surface area contributed by atoms with Gasteiger partial charge in [0.2, 0.25) is 0 Å². The summed E-state index contributed by atoms with van der Waals surface area (Å²) < 4.78 is 6.26. The highest BCUT2D eigenvalue weighted by atomic mass is 16.5. The largest absolute Gasteiger partial charge is 0.487 e. The van der Waals surface area contributed by atoms with E-state index in [1.165, 1.54) is 0 Å². The van der Waals surface area contributed by atoms with Crippen molar-refractivity contribution in [2.75, 3.05) is 6.54 Å². The molecule has 1 aromatic carbocycles. The van der Waals surface area contributed by atoms with E-state index in [4.69, 9.17) is 4.74 Å². The zero-order chi connectivity index (χ0) is 15.5. The maximum absolute atomic E-state index is 6.26. The molecular weight excluding hydrogens is 260 g/mol. The Labute approximate surface area is 127 Å². The predicted molar refractivity (Wildman–Crippen MR) is 88.8 cm³/mol. The minimum Gasteiger partial charge on any atom is -0.487 e. The summed E-state index contributed by atoms with van der Waals surface area (Å²) in [7, 11) is 0. The fourth-order valence-electron chi connectivity index (χ4n) is 2.15. The van der Waals surface area contributed by atoms with Crippen molar-refractivity contribution in [3.05, 3.63) is 36.5 Å². The van der Waals surface area contributed by atoms with E-state index in [0.717, 1.165) is 23.2 Å². The number of fused-ring (bicyclic) bond motifs is 1. The number of hydrogen-bond acceptors (Lipinski definition) is 3. The van der Waals surface area contributed by atoms with Crippen LogP contribution in [0.25, 0.3) is 10.9 Å². The Balaban J connectivity index is 2.19. The lowest BCUT2D eigenvalue weighted by molar-refractivity contribution is 0.141. The number of pyridine rings is 1. The molecule has 0 amide bonds. The number of para-hydroxylation sites is 1. The summed E-state index contributed by atoms with van der Waals surface area (Å²) in [5.74, 6) is 1.29. The second-order valence-corrected chi connectivity index (χ2v) is 6.86. The molecule has 0 radical (unpaired) electrons. The van der Waals surface area contributed by atoms with E-state index in [1.54, 1.807) is 0 Å². The van der Waals surface area contributed by atoms with Gasteiger partial charge in [-0.25, -0.2) is 0 Å². The topological polar surface area (TPSA) is 34.1 Å². The molecule has 0 saturated carbocycles. The van der Waals surface area contributed by atoms with Gasteiger partial charge in [-0.1, -0.05) is 32.0 Å². The van der Waals surface area contributed by atoms with Gasteiger partial charge in [-0.3, -0.25) is 4.98 Å². The second kappa shape index (κ2) is 6.44. The van der Waals surface area contributed by atoms with Crippen LogP contribution in [0.15, 0.2) is 36.5 Å². The van der Waals surface area contributed by atoms with Crippen LogP contribution < -0.4 is 10.1 Å². The molecule has 2 rings (SSSR count). The van der Waals surface area contributed by atoms with E-state index in [-0.39, 0.29) is 11.6 Å². The summed E-state index contributed by atoms with van der Waals surface area (Å²) in [4.78, 5) is 4.46. The SMILES string of the molecule is CC(C)C(CNC(C)(C)C)Oc1cccc2cccnc12. The first-order chi connectivity index (χ1) is 9.87. The molecule has 0 aliphatic carbocycles. The van der Waals surface area contributed by atoms with Gasteiger partial charge in [0.05, 0.1) is 0 Å². The summed E-state index contributed by atoms with van der Waals surface area (Å²) >= 11 is 0. The number of ether oxygens (including phenoxy) is 1. The summed E-state index contributed by atoms with van der Waals surface area (Å²) in [5, 5.41) is 4.64. The molecular formula is C18H26N2O. The summed E-state index contributed by atoms with van der Waals surface area (Å²) in [6, 6.07) is 10.1. The molecule has 2 aromatic rings. The molecule has 3 nitrogen and oxygen atoms in total. The maximum atomic E-state index is 6.26. The maximum Gasteiger partial charge on any atom is 0.146 e. The molecule has 0 saturated heterocycles. The van der Waals surface area contributed by atoms with E-state index in [1.807, 2.05) is 24.4 Å². The second-order valence-electron chi connectivity index (χ2n) is 6.86. The molecule has 1 N–H and O–H groups in total. The molecule has 1 atom stereocenters. The monoisotopic (exact) mass is 286 g/mol. The number of rotatable bonds is 5. The molecule has 114 valence electrons. The van der Waals surface area contributed by atoms with E-state index >= 15 is 0 Å². The molecule has 0 aliphatic rings. The van der Waals surface area contributed by atoms with Crippen molar-refractivity contribution < 1.29 is 4.74 Å². The van der Waals surface area contributed by atoms with Gasteiger partial charge in [0.1, 0.15) is 17.4 Å². The molecule has 0 aliphatic heterocycles. The smallest absolute Gasteiger partial charge is 0.146 e. The number of aromatic nitrogens is 1. The normalized spacial score (nSPS) is 13.6. The molecule has 1 aromatic heterocycles. The van der Waals surface area contributed by atoms with Crippen molar-refractivity contribution in [3.8, 4) is 5.75 Å².